The zero-order valence-electron chi connectivity index (χ0n) is 17.4. The molecule has 2 aromatic carbocycles. The van der Waals surface area contributed by atoms with E-state index in [4.69, 9.17) is 0 Å². The van der Waals surface area contributed by atoms with Crippen LogP contribution in [0.1, 0.15) is 34.8 Å². The van der Waals surface area contributed by atoms with E-state index in [0.29, 0.717) is 24.3 Å². The third-order valence-electron chi connectivity index (χ3n) is 5.76. The molecule has 2 aliphatic rings. The summed E-state index contributed by atoms with van der Waals surface area (Å²) >= 11 is 3.16. The average Bonchev–Trinajstić information content (AvgIpc) is 2.96. The summed E-state index contributed by atoms with van der Waals surface area (Å²) in [5, 5.41) is 6.14. The highest BCUT2D eigenvalue weighted by Crippen LogP contribution is 2.37. The highest BCUT2D eigenvalue weighted by Gasteiger charge is 2.26. The summed E-state index contributed by atoms with van der Waals surface area (Å²) in [5.74, 6) is 0.617. The molecule has 2 aromatic rings. The summed E-state index contributed by atoms with van der Waals surface area (Å²) in [6.45, 7) is 4.65. The lowest BCUT2D eigenvalue weighted by Crippen LogP contribution is -2.47. The fourth-order valence-corrected chi connectivity index (χ4v) is 5.65. The maximum atomic E-state index is 13.2. The molecule has 5 nitrogen and oxygen atoms in total. The van der Waals surface area contributed by atoms with Crippen molar-refractivity contribution in [3.8, 4) is 0 Å². The second-order valence-corrected chi connectivity index (χ2v) is 9.58. The molecule has 2 amide bonds. The summed E-state index contributed by atoms with van der Waals surface area (Å²) in [4.78, 5) is 29.5. The number of carbonyl (C=O) groups excluding carboxylic acids is 2. The lowest BCUT2D eigenvalue weighted by Gasteiger charge is -2.36. The van der Waals surface area contributed by atoms with Crippen LogP contribution in [0.4, 0.5) is 5.69 Å². The molecule has 0 unspecified atom stereocenters. The smallest absolute Gasteiger partial charge is 0.252 e. The van der Waals surface area contributed by atoms with Gasteiger partial charge in [-0.3, -0.25) is 14.5 Å². The minimum atomic E-state index is -0.0688. The van der Waals surface area contributed by atoms with E-state index in [2.05, 4.69) is 46.7 Å². The number of amides is 2. The van der Waals surface area contributed by atoms with Gasteiger partial charge in [-0.1, -0.05) is 31.2 Å². The number of rotatable bonds is 5. The number of carbonyl (C=O) groups is 2. The van der Waals surface area contributed by atoms with Crippen LogP contribution in [0, 0.1) is 0 Å². The Morgan fingerprint density at radius 1 is 1.30 bits per heavy atom. The van der Waals surface area contributed by atoms with Crippen molar-refractivity contribution < 1.29 is 9.59 Å². The van der Waals surface area contributed by atoms with Crippen molar-refractivity contribution in [1.29, 1.82) is 0 Å². The number of hydrogen-bond acceptors (Lipinski definition) is 5. The van der Waals surface area contributed by atoms with Gasteiger partial charge in [0.25, 0.3) is 5.91 Å². The van der Waals surface area contributed by atoms with E-state index in [1.165, 1.54) is 11.1 Å². The fraction of sp³-hybridized carbons (Fsp3) is 0.391. The van der Waals surface area contributed by atoms with Crippen molar-refractivity contribution in [2.24, 2.45) is 0 Å². The predicted octanol–water partition coefficient (Wildman–Crippen LogP) is 4.02. The van der Waals surface area contributed by atoms with Crippen LogP contribution in [0.5, 0.6) is 0 Å². The van der Waals surface area contributed by atoms with Gasteiger partial charge in [-0.05, 0) is 42.5 Å². The van der Waals surface area contributed by atoms with E-state index in [9.17, 15) is 9.59 Å². The van der Waals surface area contributed by atoms with Crippen molar-refractivity contribution in [1.82, 2.24) is 10.2 Å². The molecule has 2 N–H and O–H groups in total. The zero-order valence-corrected chi connectivity index (χ0v) is 19.0. The summed E-state index contributed by atoms with van der Waals surface area (Å²) in [7, 11) is 0. The van der Waals surface area contributed by atoms with Crippen molar-refractivity contribution in [2.75, 3.05) is 30.4 Å². The van der Waals surface area contributed by atoms with Crippen LogP contribution in [0.3, 0.4) is 0 Å². The minimum absolute atomic E-state index is 0.00493. The molecule has 158 valence electrons. The van der Waals surface area contributed by atoms with Gasteiger partial charge >= 0.3 is 0 Å². The van der Waals surface area contributed by atoms with Gasteiger partial charge in [0.15, 0.2) is 0 Å². The number of hydrogen-bond donors (Lipinski definition) is 2. The Labute approximate surface area is 186 Å². The number of nitrogens with one attached hydrogen (secondary N) is 2. The van der Waals surface area contributed by atoms with E-state index < -0.39 is 0 Å². The normalized spacial score (nSPS) is 18.7. The topological polar surface area (TPSA) is 61.4 Å². The Balaban J connectivity index is 1.53. The van der Waals surface area contributed by atoms with Gasteiger partial charge in [0.05, 0.1) is 11.3 Å². The molecule has 2 heterocycles. The quantitative estimate of drug-likeness (QED) is 0.687. The Morgan fingerprint density at radius 2 is 2.10 bits per heavy atom. The summed E-state index contributed by atoms with van der Waals surface area (Å²) in [5.41, 5.74) is 4.16. The Morgan fingerprint density at radius 3 is 2.87 bits per heavy atom. The molecule has 0 saturated heterocycles. The third-order valence-corrected chi connectivity index (χ3v) is 7.60. The van der Waals surface area contributed by atoms with Gasteiger partial charge in [0, 0.05) is 41.1 Å². The first kappa shape index (κ1) is 21.3. The van der Waals surface area contributed by atoms with Crippen molar-refractivity contribution in [3.05, 3.63) is 53.1 Å². The number of benzene rings is 2. The molecule has 7 heteroatoms. The fourth-order valence-electron chi connectivity index (χ4n) is 4.11. The van der Waals surface area contributed by atoms with Gasteiger partial charge in [-0.25, -0.2) is 0 Å². The standard InChI is InChI=1S/C23H27N3O2S2/c1-3-26-14-16-7-5-4-6-15(16)10-17(26)13-24-23(28)19-11-18(29-2)12-20-22(19)30-9-8-21(27)25-20/h4-7,11-12,17H,3,8-10,13-14H2,1-2H3,(H,24,28)(H,25,27)/t17-/m1/s1. The first-order valence-corrected chi connectivity index (χ1v) is 12.5. The number of anilines is 1. The second kappa shape index (κ2) is 9.45. The van der Waals surface area contributed by atoms with Gasteiger partial charge in [-0.2, -0.15) is 0 Å². The molecule has 30 heavy (non-hydrogen) atoms. The molecule has 0 radical (unpaired) electrons. The first-order valence-electron chi connectivity index (χ1n) is 10.3. The maximum absolute atomic E-state index is 13.2. The molecule has 0 fully saturated rings. The lowest BCUT2D eigenvalue weighted by molar-refractivity contribution is -0.115. The largest absolute Gasteiger partial charge is 0.350 e. The molecule has 2 aliphatic heterocycles. The Hall–Kier alpha value is -1.96. The monoisotopic (exact) mass is 441 g/mol. The van der Waals surface area contributed by atoms with Crippen molar-refractivity contribution in [2.45, 2.75) is 42.1 Å². The lowest BCUT2D eigenvalue weighted by atomic mass is 9.94. The summed E-state index contributed by atoms with van der Waals surface area (Å²) in [6, 6.07) is 12.8. The van der Waals surface area contributed by atoms with Gasteiger partial charge < -0.3 is 10.6 Å². The molecule has 1 atom stereocenters. The van der Waals surface area contributed by atoms with E-state index >= 15 is 0 Å². The van der Waals surface area contributed by atoms with Crippen LogP contribution in [0.25, 0.3) is 0 Å². The van der Waals surface area contributed by atoms with E-state index in [-0.39, 0.29) is 17.9 Å². The van der Waals surface area contributed by atoms with Crippen LogP contribution < -0.4 is 10.6 Å². The van der Waals surface area contributed by atoms with Crippen molar-refractivity contribution in [3.63, 3.8) is 0 Å². The van der Waals surface area contributed by atoms with E-state index in [1.807, 2.05) is 18.4 Å². The van der Waals surface area contributed by atoms with Crippen LogP contribution in [-0.2, 0) is 17.8 Å². The number of likely N-dealkylation sites (N-methyl/N-ethyl adjacent to an activating group) is 1. The molecule has 4 rings (SSSR count). The summed E-state index contributed by atoms with van der Waals surface area (Å²) in [6.07, 6.45) is 3.38. The predicted molar refractivity (Wildman–Crippen MR) is 125 cm³/mol. The van der Waals surface area contributed by atoms with E-state index in [1.54, 1.807) is 23.5 Å². The average molecular weight is 442 g/mol. The van der Waals surface area contributed by atoms with Crippen LogP contribution in [0.2, 0.25) is 0 Å². The molecule has 0 aromatic heterocycles. The SMILES string of the molecule is CCN1Cc2ccccc2C[C@@H]1CNC(=O)c1cc(SC)cc2c1SCCC(=O)N2. The first-order chi connectivity index (χ1) is 14.6. The number of thioether (sulfide) groups is 2. The number of fused-ring (bicyclic) bond motifs is 2. The highest BCUT2D eigenvalue weighted by atomic mass is 32.2. The van der Waals surface area contributed by atoms with Gasteiger partial charge in [0.2, 0.25) is 5.91 Å². The van der Waals surface area contributed by atoms with Crippen LogP contribution in [0.15, 0.2) is 46.2 Å². The van der Waals surface area contributed by atoms with E-state index in [0.717, 1.165) is 35.0 Å². The molecule has 0 bridgehead atoms. The minimum Gasteiger partial charge on any atom is -0.350 e. The zero-order chi connectivity index (χ0) is 21.1. The van der Waals surface area contributed by atoms with Crippen LogP contribution >= 0.6 is 23.5 Å². The molecular formula is C23H27N3O2S2. The Bertz CT molecular complexity index is 963. The maximum Gasteiger partial charge on any atom is 0.252 e. The summed E-state index contributed by atoms with van der Waals surface area (Å²) < 4.78 is 0. The van der Waals surface area contributed by atoms with Crippen molar-refractivity contribution >= 4 is 41.0 Å². The Kier molecular flexibility index (Phi) is 6.71. The van der Waals surface area contributed by atoms with Crippen LogP contribution in [-0.4, -0.2) is 47.9 Å². The number of nitrogens with zero attached hydrogens (tertiary/aromatic N) is 1. The third kappa shape index (κ3) is 4.53. The molecule has 0 aliphatic carbocycles. The molecule has 0 saturated carbocycles. The van der Waals surface area contributed by atoms with Gasteiger partial charge in [-0.15, -0.1) is 23.5 Å². The second-order valence-electron chi connectivity index (χ2n) is 7.60. The molecule has 0 spiro atoms. The highest BCUT2D eigenvalue weighted by molar-refractivity contribution is 7.99. The van der Waals surface area contributed by atoms with Gasteiger partial charge in [0.1, 0.15) is 0 Å². The molecular weight excluding hydrogens is 414 g/mol.